The molecular weight excluding hydrogens is 1040 g/mol. The summed E-state index contributed by atoms with van der Waals surface area (Å²) in [4.78, 5) is 82.1. The Labute approximate surface area is 471 Å². The van der Waals surface area contributed by atoms with Gasteiger partial charge >= 0.3 is 23.9 Å². The predicted molar refractivity (Wildman–Crippen MR) is 296 cm³/mol. The number of alkyl halides is 2. The average Bonchev–Trinajstić information content (AvgIpc) is 4.21. The van der Waals surface area contributed by atoms with Gasteiger partial charge in [-0.2, -0.15) is 5.10 Å². The number of aromatic nitrogens is 2. The molecule has 1 aromatic heterocycles. The van der Waals surface area contributed by atoms with Crippen LogP contribution in [0.25, 0.3) is 6.08 Å². The van der Waals surface area contributed by atoms with Crippen molar-refractivity contribution < 1.29 is 57.9 Å². The number of rotatable bonds is 12. The Morgan fingerprint density at radius 3 is 1.56 bits per heavy atom. The molecule has 78 heavy (non-hydrogen) atoms. The van der Waals surface area contributed by atoms with Crippen LogP contribution in [-0.4, -0.2) is 115 Å². The van der Waals surface area contributed by atoms with E-state index < -0.39 is 82.9 Å². The molecule has 0 amide bonds. The Bertz CT molecular complexity index is 2730. The molecule has 8 aliphatic carbocycles. The number of nitrogens with zero attached hydrogens (tertiary/aromatic N) is 3. The second kappa shape index (κ2) is 21.6. The van der Waals surface area contributed by atoms with Gasteiger partial charge in [0.15, 0.2) is 24.4 Å². The van der Waals surface area contributed by atoms with E-state index in [0.29, 0.717) is 45.1 Å². The Morgan fingerprint density at radius 2 is 1.12 bits per heavy atom. The first-order chi connectivity index (χ1) is 36.3. The normalized spacial score (nSPS) is 41.2. The Hall–Kier alpha value is -4.18. The van der Waals surface area contributed by atoms with E-state index in [4.69, 9.17) is 42.1 Å². The quantitative estimate of drug-likeness (QED) is 0.114. The van der Waals surface area contributed by atoms with E-state index in [1.807, 2.05) is 45.6 Å². The van der Waals surface area contributed by atoms with E-state index in [-0.39, 0.29) is 102 Å². The van der Waals surface area contributed by atoms with Gasteiger partial charge in [-0.1, -0.05) is 93.9 Å². The molecular formula is C61H85Cl2N3O12. The molecule has 0 unspecified atom stereocenters. The Morgan fingerprint density at radius 1 is 0.679 bits per heavy atom. The third-order valence-corrected chi connectivity index (χ3v) is 22.3. The number of esters is 4. The molecule has 1 aliphatic heterocycles. The van der Waals surface area contributed by atoms with Crippen LogP contribution in [0.5, 0.6) is 0 Å². The predicted octanol–water partition coefficient (Wildman–Crippen LogP) is 9.48. The van der Waals surface area contributed by atoms with E-state index in [1.165, 1.54) is 16.7 Å². The van der Waals surface area contributed by atoms with Crippen LogP contribution in [0.2, 0.25) is 0 Å². The van der Waals surface area contributed by atoms with Gasteiger partial charge in [0.05, 0.1) is 36.4 Å². The highest BCUT2D eigenvalue weighted by Crippen LogP contribution is 2.72. The minimum atomic E-state index is -1.51. The van der Waals surface area contributed by atoms with Crippen molar-refractivity contribution in [1.82, 2.24) is 9.78 Å². The number of aliphatic imine (C=N–C) groups is 1. The molecule has 2 N–H and O–H groups in total. The number of ether oxygens (including phenoxy) is 4. The van der Waals surface area contributed by atoms with Crippen LogP contribution >= 0.6 is 23.2 Å². The number of aliphatic hydroxyl groups is 2. The number of fused-ring (bicyclic) bond motifs is 12. The number of ketones is 2. The van der Waals surface area contributed by atoms with Gasteiger partial charge in [0.1, 0.15) is 0 Å². The summed E-state index contributed by atoms with van der Waals surface area (Å²) in [7, 11) is 1.94. The van der Waals surface area contributed by atoms with Crippen LogP contribution < -0.4 is 0 Å². The van der Waals surface area contributed by atoms with Crippen molar-refractivity contribution in [2.45, 2.75) is 188 Å². The Balaban J connectivity index is 0.000000203. The van der Waals surface area contributed by atoms with Gasteiger partial charge in [0, 0.05) is 66.2 Å². The van der Waals surface area contributed by atoms with Crippen LogP contribution in [0.4, 0.5) is 0 Å². The van der Waals surface area contributed by atoms with E-state index in [9.17, 15) is 39.0 Å². The summed E-state index contributed by atoms with van der Waals surface area (Å²) in [5, 5.41) is 27.9. The molecule has 6 fully saturated rings. The summed E-state index contributed by atoms with van der Waals surface area (Å²) >= 11 is 14.5. The van der Waals surface area contributed by atoms with E-state index in [0.717, 1.165) is 29.8 Å². The zero-order valence-electron chi connectivity index (χ0n) is 46.9. The molecule has 6 saturated carbocycles. The SMILES string of the molecule is C.CCC(=O)OCC(=O)[C@@]1(OC(=O)CC)[C@H](C)C[C@H]2[C@H]3[C@H]([C@@H](O)C[C@@]21C)[C@@]1(C)CC2=CCN=C2C=C1C[C@H]3Cl.CCC(=O)OCC(=O)[C@@]1(OC(=O)CC)[C@H](C)C[C@H]2[C@H]3[C@H]([C@@H](O)C[C@@]21C)[C@@]1(C)Cc2cnn(C)c2C=C1C[C@H]3Cl. The minimum Gasteiger partial charge on any atom is -0.457 e. The number of hydrogen-bond acceptors (Lipinski definition) is 14. The standard InChI is InChI=1S/C30H41ClN2O6.C30H40ClNO6.CH4/c1-7-24(36)38-15-23(35)30(39-25(37)8-2)16(3)9-19-26-20(31)10-18-11-21-17(14-32-33(21)6)12-28(18,4)27(26)22(34)13-29(19,30)5;1-6-24(35)37-15-23(34)30(38-25(36)7-2)16(3)10-19-26-20(31)11-18-12-21-17(8-9-32-21)13-28(18,4)27(26)22(33)14-29(19,30)5;/h11,14,16,19-20,22,26-27,34H,7-10,12-13,15H2,1-6H3;8,12,16,19-20,22,26-27,33H,6-7,9-11,13-15H2,1-5H3;1H4/t2*16-,19+,20-,22+,26-,27+,28+,29+,30+;/m11./s1. The van der Waals surface area contributed by atoms with Crippen molar-refractivity contribution >= 4 is 70.4 Å². The molecule has 15 nitrogen and oxygen atoms in total. The molecule has 10 rings (SSSR count). The Kier molecular flexibility index (Phi) is 16.6. The van der Waals surface area contributed by atoms with Crippen molar-refractivity contribution in [3.8, 4) is 0 Å². The largest absolute Gasteiger partial charge is 0.457 e. The van der Waals surface area contributed by atoms with Crippen molar-refractivity contribution in [3.63, 3.8) is 0 Å². The lowest BCUT2D eigenvalue weighted by atomic mass is 9.45. The van der Waals surface area contributed by atoms with Crippen LogP contribution in [0.1, 0.15) is 159 Å². The van der Waals surface area contributed by atoms with Gasteiger partial charge < -0.3 is 29.2 Å². The first-order valence-corrected chi connectivity index (χ1v) is 29.3. The molecule has 18 atom stereocenters. The van der Waals surface area contributed by atoms with Crippen LogP contribution in [-0.2, 0) is 61.2 Å². The van der Waals surface area contributed by atoms with E-state index >= 15 is 0 Å². The summed E-state index contributed by atoms with van der Waals surface area (Å²) < 4.78 is 24.7. The summed E-state index contributed by atoms with van der Waals surface area (Å²) in [5.74, 6) is -3.85. The summed E-state index contributed by atoms with van der Waals surface area (Å²) in [5.41, 5.74) is 1.71. The van der Waals surface area contributed by atoms with Gasteiger partial charge in [0.2, 0.25) is 11.6 Å². The molecule has 1 aromatic rings. The molecule has 9 aliphatic rings. The van der Waals surface area contributed by atoms with Crippen molar-refractivity contribution in [1.29, 1.82) is 0 Å². The monoisotopic (exact) mass is 1120 g/mol. The van der Waals surface area contributed by atoms with Crippen LogP contribution in [0.3, 0.4) is 0 Å². The van der Waals surface area contributed by atoms with Gasteiger partial charge in [0.25, 0.3) is 0 Å². The molecule has 17 heteroatoms. The van der Waals surface area contributed by atoms with Crippen molar-refractivity contribution in [3.05, 3.63) is 46.3 Å². The highest BCUT2D eigenvalue weighted by Gasteiger charge is 2.76. The maximum Gasteiger partial charge on any atom is 0.306 e. The second-order valence-electron chi connectivity index (χ2n) is 25.2. The lowest BCUT2D eigenvalue weighted by Gasteiger charge is -2.62. The fourth-order valence-corrected chi connectivity index (χ4v) is 19.0. The highest BCUT2D eigenvalue weighted by molar-refractivity contribution is 6.21. The topological polar surface area (TPSA) is 210 Å². The number of Topliss-reactive ketones (excluding diaryl/α,β-unsaturated/α-hetero) is 2. The smallest absolute Gasteiger partial charge is 0.306 e. The van der Waals surface area contributed by atoms with Crippen molar-refractivity contribution in [2.75, 3.05) is 19.8 Å². The molecule has 0 saturated heterocycles. The zero-order chi connectivity index (χ0) is 56.1. The zero-order valence-corrected chi connectivity index (χ0v) is 48.4. The third-order valence-electron chi connectivity index (χ3n) is 21.4. The summed E-state index contributed by atoms with van der Waals surface area (Å²) in [6.07, 6.45) is 12.3. The molecule has 0 spiro atoms. The molecule has 2 heterocycles. The fourth-order valence-electron chi connectivity index (χ4n) is 18.0. The van der Waals surface area contributed by atoms with Gasteiger partial charge in [-0.05, 0) is 121 Å². The van der Waals surface area contributed by atoms with Crippen LogP contribution in [0, 0.1) is 69.0 Å². The number of carbonyl (C=O) groups excluding carboxylic acids is 6. The molecule has 0 radical (unpaired) electrons. The fraction of sp³-hybridized carbons (Fsp3) is 0.738. The first-order valence-electron chi connectivity index (χ1n) is 28.4. The maximum absolute atomic E-state index is 14.0. The molecule has 0 aromatic carbocycles. The van der Waals surface area contributed by atoms with Gasteiger partial charge in [-0.15, -0.1) is 23.2 Å². The lowest BCUT2D eigenvalue weighted by Crippen LogP contribution is -2.66. The molecule has 430 valence electrons. The highest BCUT2D eigenvalue weighted by atomic mass is 35.5. The summed E-state index contributed by atoms with van der Waals surface area (Å²) in [6.45, 7) is 18.8. The minimum absolute atomic E-state index is 0. The summed E-state index contributed by atoms with van der Waals surface area (Å²) in [6, 6.07) is 0. The number of aliphatic hydroxyl groups excluding tert-OH is 2. The average molecular weight is 1120 g/mol. The van der Waals surface area contributed by atoms with E-state index in [1.54, 1.807) is 27.7 Å². The lowest BCUT2D eigenvalue weighted by molar-refractivity contribution is -0.207. The second-order valence-corrected chi connectivity index (χ2v) is 26.3. The van der Waals surface area contributed by atoms with Crippen LogP contribution in [0.15, 0.2) is 40.1 Å². The number of hydrogen-bond donors (Lipinski definition) is 2. The van der Waals surface area contributed by atoms with Gasteiger partial charge in [-0.25, -0.2) is 0 Å². The number of aryl methyl sites for hydroxylation is 1. The first kappa shape index (κ1) is 59.9. The van der Waals surface area contributed by atoms with Gasteiger partial charge in [-0.3, -0.25) is 38.4 Å². The third kappa shape index (κ3) is 8.93. The molecule has 0 bridgehead atoms. The number of allylic oxidation sites excluding steroid dienone is 4. The van der Waals surface area contributed by atoms with E-state index in [2.05, 4.69) is 42.2 Å². The van der Waals surface area contributed by atoms with Crippen molar-refractivity contribution in [2.24, 2.45) is 81.0 Å². The number of carbonyl (C=O) groups is 6. The number of halogens is 2. The maximum atomic E-state index is 14.0.